The van der Waals surface area contributed by atoms with E-state index in [-0.39, 0.29) is 0 Å². The maximum atomic E-state index is 5.29. The average molecular weight is 212 g/mol. The molecule has 1 atom stereocenters. The topological polar surface area (TPSA) is 34.2 Å². The Morgan fingerprint density at radius 3 is 3.00 bits per heavy atom. The number of hydrogen-bond donors (Lipinski definition) is 1. The van der Waals surface area contributed by atoms with Crippen molar-refractivity contribution in [1.82, 2.24) is 10.3 Å². The fourth-order valence-corrected chi connectivity index (χ4v) is 2.43. The molecule has 4 heteroatoms. The first-order valence-corrected chi connectivity index (χ1v) is 5.81. The number of rotatable bonds is 3. The van der Waals surface area contributed by atoms with Gasteiger partial charge in [-0.3, -0.25) is 0 Å². The Labute approximate surface area is 88.5 Å². The molecule has 1 fully saturated rings. The highest BCUT2D eigenvalue weighted by Gasteiger charge is 2.15. The SMILES string of the molecule is Cc1nc(CNC2CCOC2)sc1C. The van der Waals surface area contributed by atoms with Crippen molar-refractivity contribution in [3.05, 3.63) is 15.6 Å². The summed E-state index contributed by atoms with van der Waals surface area (Å²) in [6.07, 6.45) is 1.13. The largest absolute Gasteiger partial charge is 0.380 e. The first-order valence-electron chi connectivity index (χ1n) is 5.00. The van der Waals surface area contributed by atoms with Crippen LogP contribution in [0.3, 0.4) is 0 Å². The summed E-state index contributed by atoms with van der Waals surface area (Å²) in [5.41, 5.74) is 1.16. The van der Waals surface area contributed by atoms with Crippen molar-refractivity contribution in [1.29, 1.82) is 0 Å². The normalized spacial score (nSPS) is 21.7. The number of ether oxygens (including phenoxy) is 1. The Morgan fingerprint density at radius 1 is 1.57 bits per heavy atom. The van der Waals surface area contributed by atoms with E-state index in [9.17, 15) is 0 Å². The van der Waals surface area contributed by atoms with Crippen molar-refractivity contribution in [3.8, 4) is 0 Å². The van der Waals surface area contributed by atoms with Gasteiger partial charge >= 0.3 is 0 Å². The molecule has 1 saturated heterocycles. The van der Waals surface area contributed by atoms with E-state index in [0.29, 0.717) is 6.04 Å². The van der Waals surface area contributed by atoms with E-state index in [1.165, 1.54) is 9.88 Å². The summed E-state index contributed by atoms with van der Waals surface area (Å²) in [7, 11) is 0. The van der Waals surface area contributed by atoms with Gasteiger partial charge in [-0.25, -0.2) is 4.98 Å². The van der Waals surface area contributed by atoms with Gasteiger partial charge in [0.1, 0.15) is 5.01 Å². The van der Waals surface area contributed by atoms with Gasteiger partial charge in [0.05, 0.1) is 12.3 Å². The molecule has 0 aliphatic carbocycles. The fraction of sp³-hybridized carbons (Fsp3) is 0.700. The van der Waals surface area contributed by atoms with Crippen LogP contribution >= 0.6 is 11.3 Å². The zero-order chi connectivity index (χ0) is 9.97. The van der Waals surface area contributed by atoms with Gasteiger partial charge in [0.15, 0.2) is 0 Å². The quantitative estimate of drug-likeness (QED) is 0.827. The predicted octanol–water partition coefficient (Wildman–Crippen LogP) is 1.64. The van der Waals surface area contributed by atoms with Crippen molar-refractivity contribution >= 4 is 11.3 Å². The number of nitrogens with one attached hydrogen (secondary N) is 1. The number of thiazole rings is 1. The van der Waals surface area contributed by atoms with Gasteiger partial charge in [0.25, 0.3) is 0 Å². The number of hydrogen-bond acceptors (Lipinski definition) is 4. The molecule has 0 bridgehead atoms. The standard InChI is InChI=1S/C10H16N2OS/c1-7-8(2)14-10(12-7)5-11-9-3-4-13-6-9/h9,11H,3-6H2,1-2H3. The smallest absolute Gasteiger partial charge is 0.107 e. The highest BCUT2D eigenvalue weighted by molar-refractivity contribution is 7.11. The van der Waals surface area contributed by atoms with Crippen molar-refractivity contribution in [2.24, 2.45) is 0 Å². The molecular weight excluding hydrogens is 196 g/mol. The molecule has 0 saturated carbocycles. The molecule has 14 heavy (non-hydrogen) atoms. The van der Waals surface area contributed by atoms with E-state index < -0.39 is 0 Å². The van der Waals surface area contributed by atoms with E-state index in [1.807, 2.05) is 0 Å². The molecule has 78 valence electrons. The van der Waals surface area contributed by atoms with Crippen LogP contribution in [0.2, 0.25) is 0 Å². The monoisotopic (exact) mass is 212 g/mol. The summed E-state index contributed by atoms with van der Waals surface area (Å²) < 4.78 is 5.29. The Balaban J connectivity index is 1.85. The summed E-state index contributed by atoms with van der Waals surface area (Å²) >= 11 is 1.78. The van der Waals surface area contributed by atoms with E-state index >= 15 is 0 Å². The van der Waals surface area contributed by atoms with Crippen LogP contribution in [0.4, 0.5) is 0 Å². The third-order valence-corrected chi connectivity index (χ3v) is 3.62. The molecule has 1 aromatic heterocycles. The van der Waals surface area contributed by atoms with E-state index in [4.69, 9.17) is 4.74 Å². The summed E-state index contributed by atoms with van der Waals surface area (Å²) in [6, 6.07) is 0.527. The molecule has 1 unspecified atom stereocenters. The van der Waals surface area contributed by atoms with Crippen molar-refractivity contribution in [2.75, 3.05) is 13.2 Å². The molecule has 2 heterocycles. The molecule has 1 N–H and O–H groups in total. The molecule has 0 radical (unpaired) electrons. The fourth-order valence-electron chi connectivity index (χ4n) is 1.54. The second kappa shape index (κ2) is 4.38. The van der Waals surface area contributed by atoms with Gasteiger partial charge in [-0.05, 0) is 20.3 Å². The van der Waals surface area contributed by atoms with Crippen LogP contribution in [0.5, 0.6) is 0 Å². The zero-order valence-electron chi connectivity index (χ0n) is 8.67. The minimum atomic E-state index is 0.527. The lowest BCUT2D eigenvalue weighted by molar-refractivity contribution is 0.190. The summed E-state index contributed by atoms with van der Waals surface area (Å²) in [5, 5.41) is 4.65. The number of aryl methyl sites for hydroxylation is 2. The lowest BCUT2D eigenvalue weighted by Gasteiger charge is -2.07. The van der Waals surface area contributed by atoms with Crippen molar-refractivity contribution in [2.45, 2.75) is 32.9 Å². The van der Waals surface area contributed by atoms with Gasteiger partial charge in [-0.2, -0.15) is 0 Å². The second-order valence-corrected chi connectivity index (χ2v) is 4.98. The third-order valence-electron chi connectivity index (χ3n) is 2.54. The summed E-state index contributed by atoms with van der Waals surface area (Å²) in [4.78, 5) is 5.81. The summed E-state index contributed by atoms with van der Waals surface area (Å²) in [5.74, 6) is 0. The molecule has 3 nitrogen and oxygen atoms in total. The third kappa shape index (κ3) is 2.32. The van der Waals surface area contributed by atoms with E-state index in [1.54, 1.807) is 11.3 Å². The Hall–Kier alpha value is -0.450. The molecule has 0 spiro atoms. The maximum Gasteiger partial charge on any atom is 0.107 e. The average Bonchev–Trinajstić information content (AvgIpc) is 2.74. The molecular formula is C10H16N2OS. The zero-order valence-corrected chi connectivity index (χ0v) is 9.49. The van der Waals surface area contributed by atoms with Crippen LogP contribution in [0.1, 0.15) is 22.0 Å². The maximum absolute atomic E-state index is 5.29. The predicted molar refractivity (Wildman–Crippen MR) is 57.7 cm³/mol. The number of aromatic nitrogens is 1. The van der Waals surface area contributed by atoms with Gasteiger partial charge in [-0.1, -0.05) is 0 Å². The van der Waals surface area contributed by atoms with Crippen LogP contribution in [-0.2, 0) is 11.3 Å². The van der Waals surface area contributed by atoms with E-state index in [0.717, 1.165) is 31.9 Å². The first kappa shape index (κ1) is 10.1. The lowest BCUT2D eigenvalue weighted by Crippen LogP contribution is -2.28. The molecule has 1 aliphatic heterocycles. The lowest BCUT2D eigenvalue weighted by atomic mass is 10.3. The Morgan fingerprint density at radius 2 is 2.43 bits per heavy atom. The van der Waals surface area contributed by atoms with Crippen LogP contribution in [-0.4, -0.2) is 24.2 Å². The van der Waals surface area contributed by atoms with Crippen LogP contribution < -0.4 is 5.32 Å². The van der Waals surface area contributed by atoms with E-state index in [2.05, 4.69) is 24.1 Å². The highest BCUT2D eigenvalue weighted by Crippen LogP contribution is 2.16. The van der Waals surface area contributed by atoms with Crippen LogP contribution in [0.25, 0.3) is 0 Å². The minimum Gasteiger partial charge on any atom is -0.380 e. The van der Waals surface area contributed by atoms with Gasteiger partial charge in [0, 0.05) is 24.1 Å². The summed E-state index contributed by atoms with van der Waals surface area (Å²) in [6.45, 7) is 6.81. The molecule has 1 aliphatic rings. The second-order valence-electron chi connectivity index (χ2n) is 3.69. The van der Waals surface area contributed by atoms with Crippen molar-refractivity contribution in [3.63, 3.8) is 0 Å². The molecule has 2 rings (SSSR count). The molecule has 0 aromatic carbocycles. The van der Waals surface area contributed by atoms with Crippen LogP contribution in [0.15, 0.2) is 0 Å². The highest BCUT2D eigenvalue weighted by atomic mass is 32.1. The van der Waals surface area contributed by atoms with Gasteiger partial charge in [-0.15, -0.1) is 11.3 Å². The number of nitrogens with zero attached hydrogens (tertiary/aromatic N) is 1. The molecule has 0 amide bonds. The minimum absolute atomic E-state index is 0.527. The Kier molecular flexibility index (Phi) is 3.15. The van der Waals surface area contributed by atoms with Gasteiger partial charge in [0.2, 0.25) is 0 Å². The van der Waals surface area contributed by atoms with Crippen LogP contribution in [0, 0.1) is 13.8 Å². The first-order chi connectivity index (χ1) is 6.75. The molecule has 1 aromatic rings. The Bertz CT molecular complexity index is 286. The van der Waals surface area contributed by atoms with Crippen molar-refractivity contribution < 1.29 is 4.74 Å². The van der Waals surface area contributed by atoms with Gasteiger partial charge < -0.3 is 10.1 Å².